The van der Waals surface area contributed by atoms with Crippen LogP contribution in [0.4, 0.5) is 10.1 Å². The van der Waals surface area contributed by atoms with Crippen LogP contribution in [0.1, 0.15) is 18.9 Å². The average molecular weight is 211 g/mol. The van der Waals surface area contributed by atoms with Gasteiger partial charge in [-0.3, -0.25) is 4.79 Å². The average Bonchev–Trinajstić information content (AvgIpc) is 2.18. The van der Waals surface area contributed by atoms with Crippen molar-refractivity contribution in [2.24, 2.45) is 0 Å². The number of nitrogens with one attached hydrogen (secondary N) is 1. The number of aliphatic hydroxyl groups excluding tert-OH is 1. The molecule has 1 rings (SSSR count). The van der Waals surface area contributed by atoms with Crippen molar-refractivity contribution in [1.29, 1.82) is 0 Å². The van der Waals surface area contributed by atoms with Gasteiger partial charge in [0.2, 0.25) is 5.91 Å². The van der Waals surface area contributed by atoms with Crippen molar-refractivity contribution in [3.63, 3.8) is 0 Å². The molecule has 1 amide bonds. The summed E-state index contributed by atoms with van der Waals surface area (Å²) in [5.74, 6) is -0.524. The van der Waals surface area contributed by atoms with E-state index in [1.807, 2.05) is 0 Å². The highest BCUT2D eigenvalue weighted by atomic mass is 19.1. The molecule has 0 radical (unpaired) electrons. The Kier molecular flexibility index (Phi) is 4.24. The predicted octanol–water partition coefficient (Wildman–Crippen LogP) is 1.71. The smallest absolute Gasteiger partial charge is 0.221 e. The minimum absolute atomic E-state index is 0.0516. The number of anilines is 1. The third kappa shape index (κ3) is 3.67. The lowest BCUT2D eigenvalue weighted by Gasteiger charge is -2.09. The third-order valence-electron chi connectivity index (χ3n) is 1.98. The van der Waals surface area contributed by atoms with Gasteiger partial charge >= 0.3 is 0 Å². The van der Waals surface area contributed by atoms with Gasteiger partial charge < -0.3 is 10.4 Å². The second-order valence-electron chi connectivity index (χ2n) is 3.31. The molecule has 0 saturated heterocycles. The topological polar surface area (TPSA) is 49.3 Å². The van der Waals surface area contributed by atoms with Crippen LogP contribution in [0, 0.1) is 5.82 Å². The molecule has 1 aromatic rings. The Labute approximate surface area is 87.9 Å². The second-order valence-corrected chi connectivity index (χ2v) is 3.31. The molecule has 0 bridgehead atoms. The molecule has 0 aromatic heterocycles. The van der Waals surface area contributed by atoms with Gasteiger partial charge in [0.15, 0.2) is 0 Å². The highest BCUT2D eigenvalue weighted by molar-refractivity contribution is 5.89. The van der Waals surface area contributed by atoms with Gasteiger partial charge in [0.1, 0.15) is 5.82 Å². The Balaban J connectivity index is 2.87. The summed E-state index contributed by atoms with van der Waals surface area (Å²) in [5.41, 5.74) is 1.32. The number of hydrogen-bond donors (Lipinski definition) is 2. The fourth-order valence-electron chi connectivity index (χ4n) is 1.35. The Morgan fingerprint density at radius 1 is 1.53 bits per heavy atom. The van der Waals surface area contributed by atoms with Crippen LogP contribution in [-0.4, -0.2) is 17.6 Å². The fourth-order valence-corrected chi connectivity index (χ4v) is 1.35. The summed E-state index contributed by atoms with van der Waals surface area (Å²) in [6.45, 7) is 1.45. The normalized spacial score (nSPS) is 10.1. The van der Waals surface area contributed by atoms with Crippen molar-refractivity contribution in [2.45, 2.75) is 19.8 Å². The monoisotopic (exact) mass is 211 g/mol. The minimum atomic E-state index is -0.336. The summed E-state index contributed by atoms with van der Waals surface area (Å²) < 4.78 is 12.9. The molecule has 0 atom stereocenters. The van der Waals surface area contributed by atoms with E-state index in [-0.39, 0.29) is 18.3 Å². The summed E-state index contributed by atoms with van der Waals surface area (Å²) in [5, 5.41) is 11.3. The number of hydrogen-bond acceptors (Lipinski definition) is 2. The SMILES string of the molecule is CC(=O)Nc1ccc(F)cc1CCCO. The molecule has 4 heteroatoms. The van der Waals surface area contributed by atoms with Gasteiger partial charge in [-0.05, 0) is 36.6 Å². The molecule has 0 saturated carbocycles. The maximum atomic E-state index is 12.9. The molecular weight excluding hydrogens is 197 g/mol. The van der Waals surface area contributed by atoms with Gasteiger partial charge in [0.25, 0.3) is 0 Å². The minimum Gasteiger partial charge on any atom is -0.396 e. The number of amides is 1. The van der Waals surface area contributed by atoms with E-state index < -0.39 is 0 Å². The quantitative estimate of drug-likeness (QED) is 0.796. The number of carbonyl (C=O) groups is 1. The zero-order valence-electron chi connectivity index (χ0n) is 8.59. The maximum absolute atomic E-state index is 12.9. The maximum Gasteiger partial charge on any atom is 0.221 e. The Morgan fingerprint density at radius 3 is 2.87 bits per heavy atom. The van der Waals surface area contributed by atoms with E-state index in [1.54, 1.807) is 0 Å². The number of rotatable bonds is 4. The molecule has 1 aromatic carbocycles. The summed E-state index contributed by atoms with van der Waals surface area (Å²) in [7, 11) is 0. The summed E-state index contributed by atoms with van der Waals surface area (Å²) >= 11 is 0. The third-order valence-corrected chi connectivity index (χ3v) is 1.98. The van der Waals surface area contributed by atoms with Crippen LogP contribution < -0.4 is 5.32 Å². The van der Waals surface area contributed by atoms with Gasteiger partial charge in [-0.2, -0.15) is 0 Å². The highest BCUT2D eigenvalue weighted by Gasteiger charge is 2.05. The van der Waals surface area contributed by atoms with Crippen LogP contribution in [-0.2, 0) is 11.2 Å². The van der Waals surface area contributed by atoms with Gasteiger partial charge in [0.05, 0.1) is 0 Å². The zero-order chi connectivity index (χ0) is 11.3. The van der Waals surface area contributed by atoms with Crippen LogP contribution in [0.3, 0.4) is 0 Å². The van der Waals surface area contributed by atoms with E-state index in [4.69, 9.17) is 5.11 Å². The zero-order valence-corrected chi connectivity index (χ0v) is 8.59. The molecule has 0 heterocycles. The Morgan fingerprint density at radius 2 is 2.27 bits per heavy atom. The lowest BCUT2D eigenvalue weighted by Crippen LogP contribution is -2.08. The van der Waals surface area contributed by atoms with Gasteiger partial charge in [-0.25, -0.2) is 4.39 Å². The molecule has 0 fully saturated rings. The van der Waals surface area contributed by atoms with Crippen molar-refractivity contribution in [1.82, 2.24) is 0 Å². The molecule has 0 spiro atoms. The first kappa shape index (κ1) is 11.7. The first-order chi connectivity index (χ1) is 7.13. The molecular formula is C11H14FNO2. The van der Waals surface area contributed by atoms with Gasteiger partial charge in [-0.15, -0.1) is 0 Å². The highest BCUT2D eigenvalue weighted by Crippen LogP contribution is 2.18. The van der Waals surface area contributed by atoms with Crippen LogP contribution in [0.25, 0.3) is 0 Å². The van der Waals surface area contributed by atoms with Crippen LogP contribution >= 0.6 is 0 Å². The number of benzene rings is 1. The molecule has 0 aliphatic heterocycles. The van der Waals surface area contributed by atoms with E-state index >= 15 is 0 Å². The van der Waals surface area contributed by atoms with Crippen molar-refractivity contribution < 1.29 is 14.3 Å². The van der Waals surface area contributed by atoms with Crippen LogP contribution in [0.5, 0.6) is 0 Å². The van der Waals surface area contributed by atoms with Gasteiger partial charge in [0, 0.05) is 19.2 Å². The second kappa shape index (κ2) is 5.46. The summed E-state index contributed by atoms with van der Waals surface area (Å²) in [6, 6.07) is 4.21. The largest absolute Gasteiger partial charge is 0.396 e. The van der Waals surface area contributed by atoms with E-state index in [1.165, 1.54) is 25.1 Å². The molecule has 82 valence electrons. The molecule has 15 heavy (non-hydrogen) atoms. The predicted molar refractivity (Wildman–Crippen MR) is 56.1 cm³/mol. The molecule has 0 aliphatic carbocycles. The van der Waals surface area contributed by atoms with E-state index in [0.29, 0.717) is 24.1 Å². The number of aryl methyl sites for hydroxylation is 1. The number of halogens is 1. The molecule has 2 N–H and O–H groups in total. The lowest BCUT2D eigenvalue weighted by molar-refractivity contribution is -0.114. The van der Waals surface area contributed by atoms with E-state index in [2.05, 4.69) is 5.32 Å². The first-order valence-electron chi connectivity index (χ1n) is 4.80. The Hall–Kier alpha value is -1.42. The van der Waals surface area contributed by atoms with E-state index in [9.17, 15) is 9.18 Å². The van der Waals surface area contributed by atoms with Crippen LogP contribution in [0.15, 0.2) is 18.2 Å². The summed E-state index contributed by atoms with van der Waals surface area (Å²) in [4.78, 5) is 10.9. The van der Waals surface area contributed by atoms with Crippen molar-refractivity contribution >= 4 is 11.6 Å². The summed E-state index contributed by atoms with van der Waals surface area (Å²) in [6.07, 6.45) is 1.10. The van der Waals surface area contributed by atoms with Crippen molar-refractivity contribution in [3.05, 3.63) is 29.6 Å². The van der Waals surface area contributed by atoms with E-state index in [0.717, 1.165) is 0 Å². The first-order valence-corrected chi connectivity index (χ1v) is 4.80. The molecule has 3 nitrogen and oxygen atoms in total. The number of aliphatic hydroxyl groups is 1. The fraction of sp³-hybridized carbons (Fsp3) is 0.364. The van der Waals surface area contributed by atoms with Crippen molar-refractivity contribution in [2.75, 3.05) is 11.9 Å². The molecule has 0 unspecified atom stereocenters. The van der Waals surface area contributed by atoms with Gasteiger partial charge in [-0.1, -0.05) is 0 Å². The standard InChI is InChI=1S/C11H14FNO2/c1-8(15)13-11-5-4-10(12)7-9(11)3-2-6-14/h4-5,7,14H,2-3,6H2,1H3,(H,13,15). The lowest BCUT2D eigenvalue weighted by atomic mass is 10.1. The number of carbonyl (C=O) groups excluding carboxylic acids is 1. The van der Waals surface area contributed by atoms with Crippen molar-refractivity contribution in [3.8, 4) is 0 Å². The molecule has 0 aliphatic rings. The Bertz CT molecular complexity index is 352. The van der Waals surface area contributed by atoms with Crippen LogP contribution in [0.2, 0.25) is 0 Å².